The number of ether oxygens (including phenoxy) is 1. The molecule has 0 amide bonds. The van der Waals surface area contributed by atoms with Gasteiger partial charge in [0.15, 0.2) is 0 Å². The molecule has 2 N–H and O–H groups in total. The molecular formula is C18H19NO2. The van der Waals surface area contributed by atoms with Crippen molar-refractivity contribution >= 4 is 11.5 Å². The van der Waals surface area contributed by atoms with E-state index in [4.69, 9.17) is 10.5 Å². The standard InChI is InChI=1S/C18H19NO2/c1-13(19)18(20)21-14(2)17(15-9-5-3-6-10-15)16-11-7-4-8-12-16/h3-13H,19H2,1-2H3/t13-/m0/s1. The first kappa shape index (κ1) is 15.0. The summed E-state index contributed by atoms with van der Waals surface area (Å²) in [6, 6.07) is 19.1. The third-order valence-corrected chi connectivity index (χ3v) is 3.10. The molecule has 1 atom stereocenters. The summed E-state index contributed by atoms with van der Waals surface area (Å²) in [5.74, 6) is 0.117. The lowest BCUT2D eigenvalue weighted by Crippen LogP contribution is -2.28. The smallest absolute Gasteiger partial charge is 0.327 e. The molecule has 0 aliphatic carbocycles. The van der Waals surface area contributed by atoms with E-state index >= 15 is 0 Å². The van der Waals surface area contributed by atoms with Crippen molar-refractivity contribution in [3.63, 3.8) is 0 Å². The number of allylic oxidation sites excluding steroid dienone is 1. The number of nitrogens with two attached hydrogens (primary N) is 1. The summed E-state index contributed by atoms with van der Waals surface area (Å²) in [5, 5.41) is 0. The number of carbonyl (C=O) groups excluding carboxylic acids is 1. The van der Waals surface area contributed by atoms with E-state index in [-0.39, 0.29) is 0 Å². The van der Waals surface area contributed by atoms with E-state index in [1.807, 2.05) is 60.7 Å². The normalized spacial score (nSPS) is 11.6. The van der Waals surface area contributed by atoms with Crippen LogP contribution >= 0.6 is 0 Å². The van der Waals surface area contributed by atoms with Crippen molar-refractivity contribution in [3.8, 4) is 0 Å². The summed E-state index contributed by atoms with van der Waals surface area (Å²) in [6.45, 7) is 3.40. The molecule has 0 heterocycles. The monoisotopic (exact) mass is 281 g/mol. The maximum Gasteiger partial charge on any atom is 0.327 e. The van der Waals surface area contributed by atoms with E-state index < -0.39 is 12.0 Å². The summed E-state index contributed by atoms with van der Waals surface area (Å²) in [7, 11) is 0. The van der Waals surface area contributed by atoms with Crippen molar-refractivity contribution in [2.24, 2.45) is 5.73 Å². The zero-order valence-electron chi connectivity index (χ0n) is 12.2. The van der Waals surface area contributed by atoms with Gasteiger partial charge < -0.3 is 10.5 Å². The zero-order valence-corrected chi connectivity index (χ0v) is 12.2. The minimum absolute atomic E-state index is 0.433. The van der Waals surface area contributed by atoms with E-state index in [9.17, 15) is 4.79 Å². The molecule has 2 aromatic carbocycles. The number of carbonyl (C=O) groups is 1. The number of hydrogen-bond acceptors (Lipinski definition) is 3. The van der Waals surface area contributed by atoms with E-state index in [1.165, 1.54) is 0 Å². The predicted octanol–water partition coefficient (Wildman–Crippen LogP) is 3.36. The Kier molecular flexibility index (Phi) is 4.90. The van der Waals surface area contributed by atoms with Gasteiger partial charge in [0.25, 0.3) is 0 Å². The Hall–Kier alpha value is -2.39. The quantitative estimate of drug-likeness (QED) is 0.690. The predicted molar refractivity (Wildman–Crippen MR) is 84.3 cm³/mol. The highest BCUT2D eigenvalue weighted by molar-refractivity contribution is 5.84. The Morgan fingerprint density at radius 3 is 1.76 bits per heavy atom. The fourth-order valence-corrected chi connectivity index (χ4v) is 2.08. The Bertz CT molecular complexity index is 589. The zero-order chi connectivity index (χ0) is 15.2. The lowest BCUT2D eigenvalue weighted by molar-refractivity contribution is -0.140. The van der Waals surface area contributed by atoms with Gasteiger partial charge in [-0.15, -0.1) is 0 Å². The van der Waals surface area contributed by atoms with Crippen LogP contribution in [-0.4, -0.2) is 12.0 Å². The molecule has 3 nitrogen and oxygen atoms in total. The minimum Gasteiger partial charge on any atom is -0.430 e. The van der Waals surface area contributed by atoms with Crippen LogP contribution in [0.5, 0.6) is 0 Å². The molecule has 21 heavy (non-hydrogen) atoms. The van der Waals surface area contributed by atoms with Crippen molar-refractivity contribution in [2.45, 2.75) is 19.9 Å². The maximum atomic E-state index is 11.7. The second kappa shape index (κ2) is 6.86. The number of esters is 1. The van der Waals surface area contributed by atoms with Gasteiger partial charge >= 0.3 is 5.97 Å². The van der Waals surface area contributed by atoms with Gasteiger partial charge in [-0.1, -0.05) is 60.7 Å². The first-order valence-corrected chi connectivity index (χ1v) is 6.88. The number of benzene rings is 2. The average Bonchev–Trinajstić information content (AvgIpc) is 2.49. The van der Waals surface area contributed by atoms with Crippen LogP contribution in [0.1, 0.15) is 25.0 Å². The molecule has 0 aromatic heterocycles. The lowest BCUT2D eigenvalue weighted by Gasteiger charge is -2.14. The van der Waals surface area contributed by atoms with Crippen molar-refractivity contribution in [1.29, 1.82) is 0 Å². The van der Waals surface area contributed by atoms with Crippen LogP contribution in [-0.2, 0) is 9.53 Å². The Morgan fingerprint density at radius 1 is 0.952 bits per heavy atom. The molecule has 0 spiro atoms. The molecule has 2 rings (SSSR count). The fraction of sp³-hybridized carbons (Fsp3) is 0.167. The number of hydrogen-bond donors (Lipinski definition) is 1. The Morgan fingerprint density at radius 2 is 1.38 bits per heavy atom. The van der Waals surface area contributed by atoms with Crippen LogP contribution in [0.25, 0.3) is 5.57 Å². The van der Waals surface area contributed by atoms with Gasteiger partial charge in [0.1, 0.15) is 11.8 Å². The third kappa shape index (κ3) is 3.80. The molecular weight excluding hydrogens is 262 g/mol. The molecule has 108 valence electrons. The van der Waals surface area contributed by atoms with Gasteiger partial charge in [-0.2, -0.15) is 0 Å². The van der Waals surface area contributed by atoms with Gasteiger partial charge in [-0.05, 0) is 25.0 Å². The first-order chi connectivity index (χ1) is 10.1. The lowest BCUT2D eigenvalue weighted by atomic mass is 9.97. The summed E-state index contributed by atoms with van der Waals surface area (Å²) in [5.41, 5.74) is 8.46. The van der Waals surface area contributed by atoms with Crippen LogP contribution in [0.2, 0.25) is 0 Å². The highest BCUT2D eigenvalue weighted by atomic mass is 16.5. The highest BCUT2D eigenvalue weighted by Crippen LogP contribution is 2.27. The van der Waals surface area contributed by atoms with Crippen molar-refractivity contribution in [3.05, 3.63) is 77.5 Å². The summed E-state index contributed by atoms with van der Waals surface area (Å²) < 4.78 is 5.40. The molecule has 0 fully saturated rings. The van der Waals surface area contributed by atoms with Crippen LogP contribution in [0.4, 0.5) is 0 Å². The maximum absolute atomic E-state index is 11.7. The van der Waals surface area contributed by atoms with Gasteiger partial charge in [-0.3, -0.25) is 0 Å². The SMILES string of the molecule is CC(OC(=O)[C@H](C)N)=C(c1ccccc1)c1ccccc1. The van der Waals surface area contributed by atoms with Crippen molar-refractivity contribution in [1.82, 2.24) is 0 Å². The van der Waals surface area contributed by atoms with Crippen molar-refractivity contribution in [2.75, 3.05) is 0 Å². The van der Waals surface area contributed by atoms with Gasteiger partial charge in [-0.25, -0.2) is 4.79 Å². The molecule has 0 aliphatic heterocycles. The topological polar surface area (TPSA) is 52.3 Å². The van der Waals surface area contributed by atoms with Crippen LogP contribution in [0.3, 0.4) is 0 Å². The molecule has 2 aromatic rings. The Labute approximate surface area is 125 Å². The van der Waals surface area contributed by atoms with E-state index in [0.29, 0.717) is 5.76 Å². The Balaban J connectivity index is 2.48. The van der Waals surface area contributed by atoms with Gasteiger partial charge in [0.2, 0.25) is 0 Å². The third-order valence-electron chi connectivity index (χ3n) is 3.10. The van der Waals surface area contributed by atoms with Crippen molar-refractivity contribution < 1.29 is 9.53 Å². The van der Waals surface area contributed by atoms with Crippen LogP contribution in [0.15, 0.2) is 66.4 Å². The molecule has 0 saturated carbocycles. The minimum atomic E-state index is -0.646. The largest absolute Gasteiger partial charge is 0.430 e. The number of rotatable bonds is 4. The van der Waals surface area contributed by atoms with Crippen LogP contribution in [0, 0.1) is 0 Å². The van der Waals surface area contributed by atoms with Gasteiger partial charge in [0, 0.05) is 5.57 Å². The summed E-state index contributed by atoms with van der Waals surface area (Å²) in [4.78, 5) is 11.7. The summed E-state index contributed by atoms with van der Waals surface area (Å²) >= 11 is 0. The van der Waals surface area contributed by atoms with E-state index in [0.717, 1.165) is 16.7 Å². The van der Waals surface area contributed by atoms with Crippen LogP contribution < -0.4 is 5.73 Å². The average molecular weight is 281 g/mol. The van der Waals surface area contributed by atoms with Gasteiger partial charge in [0.05, 0.1) is 0 Å². The molecule has 0 aliphatic rings. The van der Waals surface area contributed by atoms with E-state index in [1.54, 1.807) is 13.8 Å². The second-order valence-electron chi connectivity index (χ2n) is 4.87. The second-order valence-corrected chi connectivity index (χ2v) is 4.87. The molecule has 0 unspecified atom stereocenters. The highest BCUT2D eigenvalue weighted by Gasteiger charge is 2.15. The fourth-order valence-electron chi connectivity index (χ4n) is 2.08. The molecule has 0 radical (unpaired) electrons. The first-order valence-electron chi connectivity index (χ1n) is 6.88. The summed E-state index contributed by atoms with van der Waals surface area (Å²) in [6.07, 6.45) is 0. The molecule has 3 heteroatoms. The molecule has 0 bridgehead atoms. The van der Waals surface area contributed by atoms with E-state index in [2.05, 4.69) is 0 Å². The molecule has 0 saturated heterocycles.